The van der Waals surface area contributed by atoms with Crippen molar-refractivity contribution in [2.45, 2.75) is 25.4 Å². The number of carbonyl (C=O) groups is 1. The van der Waals surface area contributed by atoms with Gasteiger partial charge in [-0.2, -0.15) is 0 Å². The van der Waals surface area contributed by atoms with Gasteiger partial charge in [-0.3, -0.25) is 4.79 Å². The van der Waals surface area contributed by atoms with E-state index in [1.165, 1.54) is 11.1 Å². The Morgan fingerprint density at radius 3 is 1.72 bits per heavy atom. The van der Waals surface area contributed by atoms with E-state index in [0.717, 1.165) is 46.5 Å². The van der Waals surface area contributed by atoms with Gasteiger partial charge in [-0.05, 0) is 35.1 Å². The highest BCUT2D eigenvalue weighted by Crippen LogP contribution is 2.19. The highest BCUT2D eigenvalue weighted by molar-refractivity contribution is 9.09. The van der Waals surface area contributed by atoms with Crippen molar-refractivity contribution >= 4 is 38.1 Å². The molecule has 0 aromatic heterocycles. The van der Waals surface area contributed by atoms with Crippen LogP contribution in [0.25, 0.3) is 0 Å². The second kappa shape index (κ2) is 13.5. The molecule has 0 aliphatic rings. The minimum atomic E-state index is -0.426. The van der Waals surface area contributed by atoms with E-state index in [1.54, 1.807) is 0 Å². The number of halogens is 2. The molecule has 3 aromatic rings. The molecule has 0 radical (unpaired) electrons. The Labute approximate surface area is 190 Å². The lowest BCUT2D eigenvalue weighted by molar-refractivity contribution is 0.112. The average Bonchev–Trinajstić information content (AvgIpc) is 2.76. The van der Waals surface area contributed by atoms with Crippen LogP contribution >= 0.6 is 31.9 Å². The van der Waals surface area contributed by atoms with Crippen molar-refractivity contribution in [2.75, 3.05) is 10.7 Å². The maximum absolute atomic E-state index is 10.3. The molecule has 1 unspecified atom stereocenters. The molecule has 29 heavy (non-hydrogen) atoms. The third-order valence-electron chi connectivity index (χ3n) is 4.52. The van der Waals surface area contributed by atoms with Gasteiger partial charge in [0.1, 0.15) is 6.29 Å². The van der Waals surface area contributed by atoms with E-state index in [4.69, 9.17) is 0 Å². The van der Waals surface area contributed by atoms with Crippen LogP contribution in [0.5, 0.6) is 0 Å². The summed E-state index contributed by atoms with van der Waals surface area (Å²) in [5.41, 5.74) is 5.44. The number of aliphatic hydroxyl groups is 1. The Hall–Kier alpha value is -1.75. The van der Waals surface area contributed by atoms with Crippen LogP contribution in [0.3, 0.4) is 0 Å². The van der Waals surface area contributed by atoms with Crippen LogP contribution in [0.15, 0.2) is 78.9 Å². The third kappa shape index (κ3) is 8.65. The molecular formula is C25H26Br2O2. The van der Waals surface area contributed by atoms with Crippen molar-refractivity contribution in [3.8, 4) is 0 Å². The van der Waals surface area contributed by atoms with Crippen molar-refractivity contribution in [2.24, 2.45) is 0 Å². The first-order chi connectivity index (χ1) is 14.2. The molecule has 0 amide bonds. The molecule has 0 fully saturated rings. The normalized spacial score (nSPS) is 11.3. The monoisotopic (exact) mass is 516 g/mol. The molecule has 0 saturated heterocycles. The van der Waals surface area contributed by atoms with Crippen molar-refractivity contribution in [3.63, 3.8) is 0 Å². The number of benzene rings is 3. The van der Waals surface area contributed by atoms with Crippen LogP contribution in [0.2, 0.25) is 0 Å². The van der Waals surface area contributed by atoms with E-state index in [2.05, 4.69) is 44.0 Å². The smallest absolute Gasteiger partial charge is 0.150 e. The van der Waals surface area contributed by atoms with Gasteiger partial charge in [0.15, 0.2) is 0 Å². The average molecular weight is 518 g/mol. The summed E-state index contributed by atoms with van der Waals surface area (Å²) in [6.45, 7) is 0. The molecule has 3 aromatic carbocycles. The van der Waals surface area contributed by atoms with Crippen molar-refractivity contribution in [1.82, 2.24) is 0 Å². The van der Waals surface area contributed by atoms with Crippen molar-refractivity contribution in [1.29, 1.82) is 0 Å². The zero-order valence-electron chi connectivity index (χ0n) is 16.3. The molecular weight excluding hydrogens is 492 g/mol. The standard InChI is InChI=1S/C16H17BrO.C9H9BrO/c17-11-10-13-6-8-15(9-7-13)16(18)12-14-4-2-1-3-5-14;10-6-5-8-1-3-9(7-11)4-2-8/h1-9,16,18H,10-12H2;1-4,7H,5-6H2. The Morgan fingerprint density at radius 1 is 0.724 bits per heavy atom. The summed E-state index contributed by atoms with van der Waals surface area (Å²) in [6, 6.07) is 25.9. The lowest BCUT2D eigenvalue weighted by Crippen LogP contribution is -2.01. The van der Waals surface area contributed by atoms with Crippen LogP contribution in [0.4, 0.5) is 0 Å². The van der Waals surface area contributed by atoms with E-state index < -0.39 is 6.10 Å². The molecule has 0 spiro atoms. The van der Waals surface area contributed by atoms with Gasteiger partial charge in [-0.15, -0.1) is 0 Å². The number of hydrogen-bond donors (Lipinski definition) is 1. The molecule has 0 aliphatic carbocycles. The summed E-state index contributed by atoms with van der Waals surface area (Å²) in [4.78, 5) is 10.3. The van der Waals surface area contributed by atoms with Crippen LogP contribution in [0, 0.1) is 0 Å². The molecule has 152 valence electrons. The molecule has 0 aliphatic heterocycles. The number of rotatable bonds is 8. The zero-order valence-corrected chi connectivity index (χ0v) is 19.5. The van der Waals surface area contributed by atoms with Gasteiger partial charge in [0.05, 0.1) is 6.10 Å². The second-order valence-corrected chi connectivity index (χ2v) is 8.27. The molecule has 1 atom stereocenters. The summed E-state index contributed by atoms with van der Waals surface area (Å²) in [6.07, 6.45) is 3.13. The first kappa shape index (κ1) is 23.5. The fourth-order valence-electron chi connectivity index (χ4n) is 2.84. The van der Waals surface area contributed by atoms with Crippen molar-refractivity contribution in [3.05, 3.63) is 107 Å². The van der Waals surface area contributed by atoms with Gasteiger partial charge >= 0.3 is 0 Å². The number of hydrogen-bond acceptors (Lipinski definition) is 2. The van der Waals surface area contributed by atoms with Crippen LogP contribution in [0.1, 0.15) is 38.7 Å². The molecule has 0 bridgehead atoms. The predicted molar refractivity (Wildman–Crippen MR) is 128 cm³/mol. The second-order valence-electron chi connectivity index (χ2n) is 6.68. The first-order valence-electron chi connectivity index (χ1n) is 9.63. The maximum atomic E-state index is 10.3. The number of aryl methyl sites for hydroxylation is 2. The van der Waals surface area contributed by atoms with E-state index in [9.17, 15) is 9.90 Å². The molecule has 2 nitrogen and oxygen atoms in total. The van der Waals surface area contributed by atoms with Gasteiger partial charge in [0, 0.05) is 22.6 Å². The molecule has 0 saturated carbocycles. The predicted octanol–water partition coefficient (Wildman–Crippen LogP) is 6.34. The Bertz CT molecular complexity index is 831. The summed E-state index contributed by atoms with van der Waals surface area (Å²) in [7, 11) is 0. The van der Waals surface area contributed by atoms with E-state index in [0.29, 0.717) is 6.42 Å². The van der Waals surface area contributed by atoms with Gasteiger partial charge in [0.25, 0.3) is 0 Å². The fraction of sp³-hybridized carbons (Fsp3) is 0.240. The quantitative estimate of drug-likeness (QED) is 0.279. The van der Waals surface area contributed by atoms with Gasteiger partial charge in [0.2, 0.25) is 0 Å². The SMILES string of the molecule is O=Cc1ccc(CCBr)cc1.OC(Cc1ccccc1)c1ccc(CCBr)cc1. The van der Waals surface area contributed by atoms with Crippen LogP contribution < -0.4 is 0 Å². The molecule has 0 heterocycles. The van der Waals surface area contributed by atoms with Gasteiger partial charge < -0.3 is 5.11 Å². The number of alkyl halides is 2. The highest BCUT2D eigenvalue weighted by Gasteiger charge is 2.08. The summed E-state index contributed by atoms with van der Waals surface area (Å²) in [5, 5.41) is 12.1. The maximum Gasteiger partial charge on any atom is 0.150 e. The van der Waals surface area contributed by atoms with Crippen LogP contribution in [-0.2, 0) is 19.3 Å². The summed E-state index contributed by atoms with van der Waals surface area (Å²) < 4.78 is 0. The third-order valence-corrected chi connectivity index (χ3v) is 5.31. The van der Waals surface area contributed by atoms with Crippen molar-refractivity contribution < 1.29 is 9.90 Å². The zero-order chi connectivity index (χ0) is 20.9. The Morgan fingerprint density at radius 2 is 1.24 bits per heavy atom. The number of aldehydes is 1. The minimum Gasteiger partial charge on any atom is -0.388 e. The highest BCUT2D eigenvalue weighted by atomic mass is 79.9. The van der Waals surface area contributed by atoms with Crippen LogP contribution in [-0.4, -0.2) is 22.1 Å². The minimum absolute atomic E-state index is 0.426. The lowest BCUT2D eigenvalue weighted by Gasteiger charge is -2.11. The molecule has 3 rings (SSSR count). The van der Waals surface area contributed by atoms with E-state index >= 15 is 0 Å². The topological polar surface area (TPSA) is 37.3 Å². The fourth-order valence-corrected chi connectivity index (χ4v) is 3.76. The van der Waals surface area contributed by atoms with E-state index in [1.807, 2.05) is 66.7 Å². The largest absolute Gasteiger partial charge is 0.388 e. The summed E-state index contributed by atoms with van der Waals surface area (Å²) in [5.74, 6) is 0. The van der Waals surface area contributed by atoms with Gasteiger partial charge in [-0.1, -0.05) is 111 Å². The van der Waals surface area contributed by atoms with E-state index in [-0.39, 0.29) is 0 Å². The Kier molecular flexibility index (Phi) is 10.9. The molecule has 1 N–H and O–H groups in total. The summed E-state index contributed by atoms with van der Waals surface area (Å²) >= 11 is 6.78. The van der Waals surface area contributed by atoms with Gasteiger partial charge in [-0.25, -0.2) is 0 Å². The number of carbonyl (C=O) groups excluding carboxylic acids is 1. The first-order valence-corrected chi connectivity index (χ1v) is 11.9. The number of aliphatic hydroxyl groups excluding tert-OH is 1. The molecule has 4 heteroatoms. The lowest BCUT2D eigenvalue weighted by atomic mass is 10.00. The Balaban J connectivity index is 0.000000234.